The number of nitriles is 1. The summed E-state index contributed by atoms with van der Waals surface area (Å²) in [4.78, 5) is 0. The summed E-state index contributed by atoms with van der Waals surface area (Å²) in [5.41, 5.74) is 4.38. The maximum absolute atomic E-state index is 9.26. The quantitative estimate of drug-likeness (QED) is 0.737. The molecule has 102 valence electrons. The van der Waals surface area contributed by atoms with E-state index in [1.807, 2.05) is 61.5 Å². The highest BCUT2D eigenvalue weighted by molar-refractivity contribution is 5.43. The molecule has 0 unspecified atom stereocenters. The molecule has 0 N–H and O–H groups in total. The zero-order valence-electron chi connectivity index (χ0n) is 11.7. The molecule has 2 aromatic carbocycles. The van der Waals surface area contributed by atoms with Gasteiger partial charge in [-0.25, -0.2) is 4.68 Å². The van der Waals surface area contributed by atoms with E-state index in [-0.39, 0.29) is 0 Å². The molecule has 3 rings (SSSR count). The highest BCUT2D eigenvalue weighted by atomic mass is 15.4. The first-order valence-corrected chi connectivity index (χ1v) is 6.74. The van der Waals surface area contributed by atoms with Crippen molar-refractivity contribution in [1.29, 1.82) is 5.26 Å². The van der Waals surface area contributed by atoms with E-state index in [0.29, 0.717) is 12.1 Å². The minimum absolute atomic E-state index is 0.377. The van der Waals surface area contributed by atoms with Crippen molar-refractivity contribution in [1.82, 2.24) is 15.0 Å². The summed E-state index contributed by atoms with van der Waals surface area (Å²) in [6.45, 7) is 2.02. The van der Waals surface area contributed by atoms with E-state index in [9.17, 15) is 5.26 Å². The molecule has 1 aromatic heterocycles. The number of hydrogen-bond acceptors (Lipinski definition) is 3. The standard InChI is InChI=1S/C17H14N4/c1-13-7-5-6-10-16(13)21-17(15(12-18)19-20-21)11-14-8-3-2-4-9-14/h2-10H,11H2,1H3. The Bertz CT molecular complexity index is 797. The van der Waals surface area contributed by atoms with Crippen LogP contribution in [0.25, 0.3) is 5.69 Å². The Balaban J connectivity index is 2.09. The first-order valence-electron chi connectivity index (χ1n) is 6.74. The average Bonchev–Trinajstić information content (AvgIpc) is 2.91. The third-order valence-corrected chi connectivity index (χ3v) is 3.43. The molecule has 0 amide bonds. The van der Waals surface area contributed by atoms with Crippen LogP contribution in [0.4, 0.5) is 0 Å². The lowest BCUT2D eigenvalue weighted by Gasteiger charge is -2.09. The van der Waals surface area contributed by atoms with Crippen molar-refractivity contribution >= 4 is 0 Å². The van der Waals surface area contributed by atoms with E-state index >= 15 is 0 Å². The van der Waals surface area contributed by atoms with Crippen molar-refractivity contribution in [2.24, 2.45) is 0 Å². The molecule has 0 aliphatic carbocycles. The van der Waals surface area contributed by atoms with Gasteiger partial charge in [-0.3, -0.25) is 0 Å². The number of para-hydroxylation sites is 1. The normalized spacial score (nSPS) is 10.3. The second-order valence-electron chi connectivity index (χ2n) is 4.86. The first kappa shape index (κ1) is 13.1. The fourth-order valence-electron chi connectivity index (χ4n) is 2.33. The number of hydrogen-bond donors (Lipinski definition) is 0. The lowest BCUT2D eigenvalue weighted by molar-refractivity contribution is 0.768. The lowest BCUT2D eigenvalue weighted by atomic mass is 10.1. The van der Waals surface area contributed by atoms with Gasteiger partial charge in [-0.05, 0) is 24.1 Å². The van der Waals surface area contributed by atoms with Gasteiger partial charge in [0.25, 0.3) is 0 Å². The molecule has 0 aliphatic heterocycles. The summed E-state index contributed by atoms with van der Waals surface area (Å²) in [6.07, 6.45) is 0.630. The van der Waals surface area contributed by atoms with Crippen LogP contribution in [-0.4, -0.2) is 15.0 Å². The maximum Gasteiger partial charge on any atom is 0.186 e. The topological polar surface area (TPSA) is 54.5 Å². The van der Waals surface area contributed by atoms with Crippen LogP contribution >= 0.6 is 0 Å². The molecule has 1 heterocycles. The lowest BCUT2D eigenvalue weighted by Crippen LogP contribution is -2.05. The molecular weight excluding hydrogens is 260 g/mol. The largest absolute Gasteiger partial charge is 0.216 e. The molecule has 0 saturated carbocycles. The van der Waals surface area contributed by atoms with Crippen LogP contribution in [-0.2, 0) is 6.42 Å². The molecule has 0 fully saturated rings. The summed E-state index contributed by atoms with van der Waals surface area (Å²) in [5, 5.41) is 17.4. The predicted molar refractivity (Wildman–Crippen MR) is 80.1 cm³/mol. The fourth-order valence-corrected chi connectivity index (χ4v) is 2.33. The number of rotatable bonds is 3. The molecule has 21 heavy (non-hydrogen) atoms. The molecule has 4 nitrogen and oxygen atoms in total. The van der Waals surface area contributed by atoms with E-state index in [1.54, 1.807) is 4.68 Å². The number of aromatic nitrogens is 3. The van der Waals surface area contributed by atoms with Crippen LogP contribution in [0.3, 0.4) is 0 Å². The molecular formula is C17H14N4. The first-order chi connectivity index (χ1) is 10.3. The summed E-state index contributed by atoms with van der Waals surface area (Å²) in [6, 6.07) is 20.1. The Morgan fingerprint density at radius 2 is 1.76 bits per heavy atom. The second-order valence-corrected chi connectivity index (χ2v) is 4.86. The highest BCUT2D eigenvalue weighted by Crippen LogP contribution is 2.19. The second kappa shape index (κ2) is 5.59. The van der Waals surface area contributed by atoms with Gasteiger partial charge in [-0.1, -0.05) is 53.7 Å². The van der Waals surface area contributed by atoms with E-state index < -0.39 is 0 Å². The third kappa shape index (κ3) is 2.54. The zero-order chi connectivity index (χ0) is 14.7. The summed E-state index contributed by atoms with van der Waals surface area (Å²) in [7, 11) is 0. The number of aryl methyl sites for hydroxylation is 1. The van der Waals surface area contributed by atoms with Gasteiger partial charge < -0.3 is 0 Å². The van der Waals surface area contributed by atoms with Crippen molar-refractivity contribution in [2.45, 2.75) is 13.3 Å². The van der Waals surface area contributed by atoms with Gasteiger partial charge in [0.15, 0.2) is 5.69 Å². The SMILES string of the molecule is Cc1ccccc1-n1nnc(C#N)c1Cc1ccccc1. The van der Waals surface area contributed by atoms with Crippen LogP contribution in [0.15, 0.2) is 54.6 Å². The summed E-state index contributed by atoms with van der Waals surface area (Å²) in [5.74, 6) is 0. The molecule has 0 bridgehead atoms. The van der Waals surface area contributed by atoms with Gasteiger partial charge in [0.2, 0.25) is 0 Å². The van der Waals surface area contributed by atoms with Gasteiger partial charge in [-0.2, -0.15) is 5.26 Å². The highest BCUT2D eigenvalue weighted by Gasteiger charge is 2.15. The van der Waals surface area contributed by atoms with Crippen molar-refractivity contribution < 1.29 is 0 Å². The Morgan fingerprint density at radius 1 is 1.05 bits per heavy atom. The minimum atomic E-state index is 0.377. The van der Waals surface area contributed by atoms with Gasteiger partial charge in [-0.15, -0.1) is 5.10 Å². The summed E-state index contributed by atoms with van der Waals surface area (Å²) >= 11 is 0. The van der Waals surface area contributed by atoms with Crippen LogP contribution in [0.2, 0.25) is 0 Å². The Kier molecular flexibility index (Phi) is 3.48. The van der Waals surface area contributed by atoms with Crippen LogP contribution in [0.5, 0.6) is 0 Å². The number of nitrogens with zero attached hydrogens (tertiary/aromatic N) is 4. The minimum Gasteiger partial charge on any atom is -0.216 e. The monoisotopic (exact) mass is 274 g/mol. The smallest absolute Gasteiger partial charge is 0.186 e. The van der Waals surface area contributed by atoms with Crippen molar-refractivity contribution in [3.8, 4) is 11.8 Å². The molecule has 0 atom stereocenters. The van der Waals surface area contributed by atoms with Crippen molar-refractivity contribution in [3.05, 3.63) is 77.1 Å². The average molecular weight is 274 g/mol. The molecule has 0 saturated heterocycles. The molecule has 4 heteroatoms. The van der Waals surface area contributed by atoms with E-state index in [0.717, 1.165) is 22.5 Å². The fraction of sp³-hybridized carbons (Fsp3) is 0.118. The van der Waals surface area contributed by atoms with E-state index in [4.69, 9.17) is 0 Å². The van der Waals surface area contributed by atoms with E-state index in [2.05, 4.69) is 16.4 Å². The van der Waals surface area contributed by atoms with Crippen LogP contribution in [0, 0.1) is 18.3 Å². The Labute approximate surface area is 123 Å². The zero-order valence-corrected chi connectivity index (χ0v) is 11.7. The van der Waals surface area contributed by atoms with Crippen LogP contribution < -0.4 is 0 Å². The van der Waals surface area contributed by atoms with Gasteiger partial charge in [0, 0.05) is 6.42 Å². The predicted octanol–water partition coefficient (Wildman–Crippen LogP) is 3.04. The Morgan fingerprint density at radius 3 is 2.48 bits per heavy atom. The molecule has 0 aliphatic rings. The number of benzene rings is 2. The molecule has 0 spiro atoms. The van der Waals surface area contributed by atoms with Gasteiger partial charge in [0.05, 0.1) is 11.4 Å². The maximum atomic E-state index is 9.26. The van der Waals surface area contributed by atoms with E-state index in [1.165, 1.54) is 0 Å². The van der Waals surface area contributed by atoms with Crippen LogP contribution in [0.1, 0.15) is 22.5 Å². The van der Waals surface area contributed by atoms with Crippen molar-refractivity contribution in [2.75, 3.05) is 0 Å². The molecule has 3 aromatic rings. The Hall–Kier alpha value is -2.93. The molecule has 0 radical (unpaired) electrons. The van der Waals surface area contributed by atoms with Crippen molar-refractivity contribution in [3.63, 3.8) is 0 Å². The third-order valence-electron chi connectivity index (χ3n) is 3.43. The van der Waals surface area contributed by atoms with Gasteiger partial charge in [0.1, 0.15) is 6.07 Å². The summed E-state index contributed by atoms with van der Waals surface area (Å²) < 4.78 is 1.76. The van der Waals surface area contributed by atoms with Gasteiger partial charge >= 0.3 is 0 Å².